The topological polar surface area (TPSA) is 12.0 Å². The molecule has 1 nitrogen and oxygen atoms in total. The molecule has 440 valence electrons. The molecule has 0 rings (SSSR count). The van der Waals surface area contributed by atoms with Crippen LogP contribution in [-0.2, 0) is 0 Å². The molecule has 1 heteroatoms. The van der Waals surface area contributed by atoms with Gasteiger partial charge in [-0.25, -0.2) is 0 Å². The SMILES string of the molecule is CCCCCCCCCCCCCCCCCCC(CCCCCCCCCCCCCCCCC)NC(CCCCCCCCCCCCCCCCC)CCCCCCCCCCCCCCCCCC. The summed E-state index contributed by atoms with van der Waals surface area (Å²) in [5.41, 5.74) is 0. The first kappa shape index (κ1) is 73.0. The van der Waals surface area contributed by atoms with E-state index in [0.717, 1.165) is 12.1 Å². The molecule has 0 aromatic carbocycles. The van der Waals surface area contributed by atoms with Gasteiger partial charge in [0.2, 0.25) is 0 Å². The molecule has 0 heterocycles. The smallest absolute Gasteiger partial charge is 0.00696 e. The number of nitrogens with one attached hydrogen (secondary N) is 1. The summed E-state index contributed by atoms with van der Waals surface area (Å²) >= 11 is 0. The van der Waals surface area contributed by atoms with Crippen LogP contribution >= 0.6 is 0 Å². The Kier molecular flexibility index (Phi) is 68.0. The van der Waals surface area contributed by atoms with Crippen LogP contribution in [0.1, 0.15) is 451 Å². The van der Waals surface area contributed by atoms with Crippen molar-refractivity contribution in [2.45, 2.75) is 464 Å². The van der Waals surface area contributed by atoms with Crippen molar-refractivity contribution < 1.29 is 0 Å². The third-order valence-electron chi connectivity index (χ3n) is 17.6. The van der Waals surface area contributed by atoms with Crippen molar-refractivity contribution in [3.05, 3.63) is 0 Å². The Morgan fingerprint density at radius 3 is 0.342 bits per heavy atom. The molecule has 0 radical (unpaired) electrons. The quantitative estimate of drug-likeness (QED) is 0.0599. The van der Waals surface area contributed by atoms with Crippen molar-refractivity contribution in [2.24, 2.45) is 0 Å². The summed E-state index contributed by atoms with van der Waals surface area (Å²) in [4.78, 5) is 0. The lowest BCUT2D eigenvalue weighted by Gasteiger charge is -2.27. The van der Waals surface area contributed by atoms with Crippen LogP contribution < -0.4 is 5.32 Å². The highest BCUT2D eigenvalue weighted by Crippen LogP contribution is 2.22. The number of unbranched alkanes of at least 4 members (excludes halogenated alkanes) is 58. The zero-order chi connectivity index (χ0) is 52.5. The highest BCUT2D eigenvalue weighted by atomic mass is 14.9. The van der Waals surface area contributed by atoms with Gasteiger partial charge in [0.15, 0.2) is 0 Å². The summed E-state index contributed by atoms with van der Waals surface area (Å²) in [7, 11) is 0. The molecule has 0 aliphatic rings. The fourth-order valence-corrected chi connectivity index (χ4v) is 12.4. The second-order valence-corrected chi connectivity index (χ2v) is 25.2. The van der Waals surface area contributed by atoms with Crippen LogP contribution in [0.25, 0.3) is 0 Å². The fraction of sp³-hybridized carbons (Fsp3) is 1.00. The number of hydrogen-bond acceptors (Lipinski definition) is 1. The molecule has 0 aromatic heterocycles. The number of hydrogen-bond donors (Lipinski definition) is 1. The first-order valence-corrected chi connectivity index (χ1v) is 36.0. The summed E-state index contributed by atoms with van der Waals surface area (Å²) < 4.78 is 0. The van der Waals surface area contributed by atoms with E-state index < -0.39 is 0 Å². The average Bonchev–Trinajstić information content (AvgIpc) is 3.40. The molecule has 1 N–H and O–H groups in total. The third kappa shape index (κ3) is 64.4. The summed E-state index contributed by atoms with van der Waals surface area (Å²) in [6.45, 7) is 9.32. The van der Waals surface area contributed by atoms with Gasteiger partial charge < -0.3 is 5.32 Å². The second-order valence-electron chi connectivity index (χ2n) is 25.2. The summed E-state index contributed by atoms with van der Waals surface area (Å²) in [5, 5.41) is 4.46. The molecule has 0 fully saturated rings. The monoisotopic (exact) mass is 1030 g/mol. The first-order valence-electron chi connectivity index (χ1n) is 36.0. The normalized spacial score (nSPS) is 12.7. The van der Waals surface area contributed by atoms with E-state index in [9.17, 15) is 0 Å². The lowest BCUT2D eigenvalue weighted by atomic mass is 9.95. The lowest BCUT2D eigenvalue weighted by Crippen LogP contribution is -2.38. The lowest BCUT2D eigenvalue weighted by molar-refractivity contribution is 0.329. The van der Waals surface area contributed by atoms with Crippen LogP contribution in [0.5, 0.6) is 0 Å². The van der Waals surface area contributed by atoms with Crippen LogP contribution in [0, 0.1) is 0 Å². The van der Waals surface area contributed by atoms with Gasteiger partial charge >= 0.3 is 0 Å². The molecule has 0 aromatic rings. The van der Waals surface area contributed by atoms with E-state index in [1.807, 2.05) is 0 Å². The van der Waals surface area contributed by atoms with Crippen LogP contribution in [0.3, 0.4) is 0 Å². The van der Waals surface area contributed by atoms with Gasteiger partial charge in [0.25, 0.3) is 0 Å². The summed E-state index contributed by atoms with van der Waals surface area (Å²) in [6, 6.07) is 1.52. The summed E-state index contributed by atoms with van der Waals surface area (Å²) in [6.07, 6.45) is 96.9. The Morgan fingerprint density at radius 1 is 0.137 bits per heavy atom. The largest absolute Gasteiger partial charge is 0.311 e. The van der Waals surface area contributed by atoms with E-state index >= 15 is 0 Å². The predicted molar refractivity (Wildman–Crippen MR) is 338 cm³/mol. The van der Waals surface area contributed by atoms with Crippen LogP contribution in [0.2, 0.25) is 0 Å². The average molecular weight is 1030 g/mol. The molecule has 0 aliphatic heterocycles. The molecule has 0 amide bonds. The molecular formula is C72H147N. The Hall–Kier alpha value is -0.0400. The molecule has 2 atom stereocenters. The van der Waals surface area contributed by atoms with E-state index in [-0.39, 0.29) is 0 Å². The van der Waals surface area contributed by atoms with Crippen molar-refractivity contribution in [2.75, 3.05) is 0 Å². The van der Waals surface area contributed by atoms with Gasteiger partial charge in [0.1, 0.15) is 0 Å². The maximum atomic E-state index is 4.46. The molecule has 2 unspecified atom stereocenters. The van der Waals surface area contributed by atoms with E-state index in [0.29, 0.717) is 0 Å². The van der Waals surface area contributed by atoms with E-state index in [2.05, 4.69) is 33.0 Å². The highest BCUT2D eigenvalue weighted by Gasteiger charge is 2.16. The van der Waals surface area contributed by atoms with Crippen LogP contribution in [0.15, 0.2) is 0 Å². The standard InChI is InChI=1S/C72H147N/c1-5-9-13-17-21-25-29-33-37-41-45-49-53-57-61-65-69-71(67-63-59-55-51-47-43-39-35-31-27-23-19-15-11-7-3)73-72(68-64-60-56-52-48-44-40-36-32-28-24-20-16-12-8-4)70-66-62-58-54-50-46-42-38-34-30-26-22-18-14-10-6-2/h71-73H,5-70H2,1-4H3. The molecule has 0 aliphatic carbocycles. The third-order valence-corrected chi connectivity index (χ3v) is 17.6. The van der Waals surface area contributed by atoms with Gasteiger partial charge in [-0.3, -0.25) is 0 Å². The highest BCUT2D eigenvalue weighted by molar-refractivity contribution is 4.76. The molecule has 0 saturated heterocycles. The Labute approximate surface area is 466 Å². The van der Waals surface area contributed by atoms with Crippen LogP contribution in [-0.4, -0.2) is 12.1 Å². The maximum absolute atomic E-state index is 4.46. The maximum Gasteiger partial charge on any atom is 0.00696 e. The predicted octanol–water partition coefficient (Wildman–Crippen LogP) is 27.1. The second kappa shape index (κ2) is 68.1. The molecular weight excluding hydrogens is 879 g/mol. The van der Waals surface area contributed by atoms with Crippen molar-refractivity contribution in [1.29, 1.82) is 0 Å². The van der Waals surface area contributed by atoms with E-state index in [4.69, 9.17) is 0 Å². The van der Waals surface area contributed by atoms with E-state index in [1.54, 1.807) is 0 Å². The van der Waals surface area contributed by atoms with Gasteiger partial charge in [-0.05, 0) is 25.7 Å². The van der Waals surface area contributed by atoms with Gasteiger partial charge in [-0.15, -0.1) is 0 Å². The van der Waals surface area contributed by atoms with Crippen molar-refractivity contribution in [1.82, 2.24) is 5.32 Å². The van der Waals surface area contributed by atoms with Gasteiger partial charge in [-0.1, -0.05) is 426 Å². The van der Waals surface area contributed by atoms with Crippen molar-refractivity contribution in [3.8, 4) is 0 Å². The van der Waals surface area contributed by atoms with Gasteiger partial charge in [-0.2, -0.15) is 0 Å². The van der Waals surface area contributed by atoms with E-state index in [1.165, 1.54) is 424 Å². The van der Waals surface area contributed by atoms with Crippen molar-refractivity contribution in [3.63, 3.8) is 0 Å². The van der Waals surface area contributed by atoms with Gasteiger partial charge in [0.05, 0.1) is 0 Å². The molecule has 0 saturated carbocycles. The minimum absolute atomic E-state index is 0.760. The Balaban J connectivity index is 4.86. The van der Waals surface area contributed by atoms with Crippen LogP contribution in [0.4, 0.5) is 0 Å². The molecule has 73 heavy (non-hydrogen) atoms. The first-order chi connectivity index (χ1) is 36.3. The summed E-state index contributed by atoms with van der Waals surface area (Å²) in [5.74, 6) is 0. The molecule has 0 bridgehead atoms. The zero-order valence-corrected chi connectivity index (χ0v) is 52.3. The minimum Gasteiger partial charge on any atom is -0.311 e. The Morgan fingerprint density at radius 2 is 0.233 bits per heavy atom. The number of rotatable bonds is 68. The zero-order valence-electron chi connectivity index (χ0n) is 52.3. The Bertz CT molecular complexity index is 839. The van der Waals surface area contributed by atoms with Crippen molar-refractivity contribution >= 4 is 0 Å². The molecule has 0 spiro atoms. The van der Waals surface area contributed by atoms with Gasteiger partial charge in [0, 0.05) is 12.1 Å². The fourth-order valence-electron chi connectivity index (χ4n) is 12.4. The minimum atomic E-state index is 0.760.